The van der Waals surface area contributed by atoms with E-state index in [9.17, 15) is 9.59 Å². The molecule has 1 heterocycles. The van der Waals surface area contributed by atoms with Gasteiger partial charge in [0.25, 0.3) is 5.91 Å². The lowest BCUT2D eigenvalue weighted by Crippen LogP contribution is -2.21. The molecular weight excluding hydrogens is 312 g/mol. The van der Waals surface area contributed by atoms with Crippen LogP contribution in [0.4, 0.5) is 5.69 Å². The Bertz CT molecular complexity index is 839. The molecule has 0 aliphatic heterocycles. The number of rotatable bonds is 2. The summed E-state index contributed by atoms with van der Waals surface area (Å²) in [6.45, 7) is 8.25. The lowest BCUT2D eigenvalue weighted by Gasteiger charge is -2.05. The fourth-order valence-electron chi connectivity index (χ4n) is 2.06. The molecule has 0 atom stereocenters. The minimum absolute atomic E-state index is 0.104. The summed E-state index contributed by atoms with van der Waals surface area (Å²) in [4.78, 5) is 27.4. The minimum atomic E-state index is -0.414. The Hall–Kier alpha value is -2.88. The summed E-state index contributed by atoms with van der Waals surface area (Å²) >= 11 is 0. The van der Waals surface area contributed by atoms with Crippen molar-refractivity contribution in [1.29, 1.82) is 0 Å². The number of fused-ring (bicyclic) bond motifs is 1. The van der Waals surface area contributed by atoms with Crippen LogP contribution in [0.1, 0.15) is 44.5 Å². The molecule has 4 nitrogen and oxygen atoms in total. The van der Waals surface area contributed by atoms with Gasteiger partial charge in [0.15, 0.2) is 0 Å². The number of hydrogen-bond acceptors (Lipinski definition) is 2. The van der Waals surface area contributed by atoms with Crippen molar-refractivity contribution in [3.8, 4) is 0 Å². The van der Waals surface area contributed by atoms with Crippen molar-refractivity contribution in [3.05, 3.63) is 76.6 Å². The second kappa shape index (κ2) is 10.8. The molecule has 0 fully saturated rings. The molecule has 0 spiro atoms. The Morgan fingerprint density at radius 2 is 1.52 bits per heavy atom. The average Bonchev–Trinajstić information content (AvgIpc) is 2.65. The number of benzene rings is 2. The van der Waals surface area contributed by atoms with E-state index in [1.54, 1.807) is 30.3 Å². The lowest BCUT2D eigenvalue weighted by molar-refractivity contribution is 0.102. The fourth-order valence-corrected chi connectivity index (χ4v) is 2.06. The zero-order chi connectivity index (χ0) is 18.7. The molecule has 0 aliphatic carbocycles. The van der Waals surface area contributed by atoms with Crippen LogP contribution in [0.3, 0.4) is 0 Å². The number of pyridine rings is 1. The normalized spacial score (nSPS) is 9.28. The standard InChI is InChI=1S/C16H12N2O2.C3H8.C2H6/c19-15-12-8-4-5-9-14(12)17-10-13(15)16(20)18-11-6-2-1-3-7-11;1-3-2;1-2/h1-10H,(H,17,19)(H,18,20);3H2,1-2H3;1-2H3. The quantitative estimate of drug-likeness (QED) is 0.672. The SMILES string of the molecule is CC.CCC.O=C(Nc1ccccc1)c1c[nH]c2ccccc2c1=O. The van der Waals surface area contributed by atoms with Crippen molar-refractivity contribution in [2.75, 3.05) is 5.32 Å². The number of anilines is 1. The number of para-hydroxylation sites is 2. The Labute approximate surface area is 148 Å². The first-order valence-corrected chi connectivity index (χ1v) is 8.64. The van der Waals surface area contributed by atoms with Gasteiger partial charge in [-0.1, -0.05) is 64.4 Å². The van der Waals surface area contributed by atoms with Crippen molar-refractivity contribution in [1.82, 2.24) is 4.98 Å². The molecule has 25 heavy (non-hydrogen) atoms. The van der Waals surface area contributed by atoms with Gasteiger partial charge in [-0.25, -0.2) is 0 Å². The highest BCUT2D eigenvalue weighted by atomic mass is 16.2. The lowest BCUT2D eigenvalue weighted by atomic mass is 10.1. The van der Waals surface area contributed by atoms with E-state index in [2.05, 4.69) is 24.1 Å². The molecule has 0 aliphatic rings. The van der Waals surface area contributed by atoms with E-state index in [4.69, 9.17) is 0 Å². The smallest absolute Gasteiger partial charge is 0.261 e. The van der Waals surface area contributed by atoms with Gasteiger partial charge in [0, 0.05) is 22.8 Å². The van der Waals surface area contributed by atoms with Crippen LogP contribution in [0.5, 0.6) is 0 Å². The van der Waals surface area contributed by atoms with Crippen LogP contribution in [0.2, 0.25) is 0 Å². The largest absolute Gasteiger partial charge is 0.360 e. The molecule has 0 saturated carbocycles. The molecule has 3 rings (SSSR count). The van der Waals surface area contributed by atoms with Crippen LogP contribution in [0.15, 0.2) is 65.6 Å². The molecule has 1 aromatic heterocycles. The first kappa shape index (κ1) is 20.2. The van der Waals surface area contributed by atoms with Crippen LogP contribution in [-0.2, 0) is 0 Å². The second-order valence-electron chi connectivity index (χ2n) is 5.10. The van der Waals surface area contributed by atoms with Gasteiger partial charge in [0.2, 0.25) is 5.43 Å². The maximum Gasteiger partial charge on any atom is 0.261 e. The third-order valence-corrected chi connectivity index (χ3v) is 3.06. The third-order valence-electron chi connectivity index (χ3n) is 3.06. The zero-order valence-electron chi connectivity index (χ0n) is 15.3. The molecule has 4 heteroatoms. The molecule has 0 radical (unpaired) electrons. The highest BCUT2D eigenvalue weighted by Crippen LogP contribution is 2.10. The highest BCUT2D eigenvalue weighted by molar-refractivity contribution is 6.05. The predicted molar refractivity (Wildman–Crippen MR) is 106 cm³/mol. The van der Waals surface area contributed by atoms with Gasteiger partial charge in [-0.3, -0.25) is 9.59 Å². The summed E-state index contributed by atoms with van der Waals surface area (Å²) in [6, 6.07) is 16.2. The van der Waals surface area contributed by atoms with Gasteiger partial charge in [-0.2, -0.15) is 0 Å². The van der Waals surface area contributed by atoms with Crippen LogP contribution in [0.25, 0.3) is 10.9 Å². The van der Waals surface area contributed by atoms with E-state index in [1.807, 2.05) is 38.1 Å². The zero-order valence-corrected chi connectivity index (χ0v) is 15.3. The molecule has 0 bridgehead atoms. The minimum Gasteiger partial charge on any atom is -0.360 e. The van der Waals surface area contributed by atoms with E-state index in [1.165, 1.54) is 12.6 Å². The van der Waals surface area contributed by atoms with E-state index in [0.29, 0.717) is 16.6 Å². The molecular formula is C21H26N2O2. The van der Waals surface area contributed by atoms with Crippen molar-refractivity contribution < 1.29 is 4.79 Å². The predicted octanol–water partition coefficient (Wildman–Crippen LogP) is 5.22. The van der Waals surface area contributed by atoms with Crippen LogP contribution >= 0.6 is 0 Å². The maximum atomic E-state index is 12.3. The molecule has 2 N–H and O–H groups in total. The molecule has 0 saturated heterocycles. The molecule has 0 unspecified atom stereocenters. The van der Waals surface area contributed by atoms with E-state index < -0.39 is 5.91 Å². The Kier molecular flexibility index (Phi) is 8.72. The monoisotopic (exact) mass is 338 g/mol. The Balaban J connectivity index is 0.000000567. The average molecular weight is 338 g/mol. The third kappa shape index (κ3) is 5.60. The molecule has 2 aromatic carbocycles. The summed E-state index contributed by atoms with van der Waals surface area (Å²) in [7, 11) is 0. The number of aromatic nitrogens is 1. The summed E-state index contributed by atoms with van der Waals surface area (Å²) in [5.74, 6) is -0.414. The number of carbonyl (C=O) groups is 1. The second-order valence-corrected chi connectivity index (χ2v) is 5.10. The van der Waals surface area contributed by atoms with Gasteiger partial charge >= 0.3 is 0 Å². The van der Waals surface area contributed by atoms with Gasteiger partial charge in [0.1, 0.15) is 5.56 Å². The van der Waals surface area contributed by atoms with Crippen molar-refractivity contribution in [2.24, 2.45) is 0 Å². The van der Waals surface area contributed by atoms with Crippen molar-refractivity contribution in [3.63, 3.8) is 0 Å². The topological polar surface area (TPSA) is 62.0 Å². The summed E-state index contributed by atoms with van der Waals surface area (Å²) < 4.78 is 0. The summed E-state index contributed by atoms with van der Waals surface area (Å²) in [5, 5.41) is 3.21. The number of H-pyrrole nitrogens is 1. The number of hydrogen-bond donors (Lipinski definition) is 2. The van der Waals surface area contributed by atoms with E-state index >= 15 is 0 Å². The molecule has 132 valence electrons. The van der Waals surface area contributed by atoms with E-state index in [0.717, 1.165) is 0 Å². The van der Waals surface area contributed by atoms with Gasteiger partial charge < -0.3 is 10.3 Å². The van der Waals surface area contributed by atoms with Gasteiger partial charge in [-0.05, 0) is 24.3 Å². The first-order valence-electron chi connectivity index (χ1n) is 8.64. The first-order chi connectivity index (χ1) is 12.2. The highest BCUT2D eigenvalue weighted by Gasteiger charge is 2.12. The number of amides is 1. The van der Waals surface area contributed by atoms with Gasteiger partial charge in [0.05, 0.1) is 0 Å². The Morgan fingerprint density at radius 1 is 0.960 bits per heavy atom. The Morgan fingerprint density at radius 3 is 2.16 bits per heavy atom. The van der Waals surface area contributed by atoms with Crippen molar-refractivity contribution in [2.45, 2.75) is 34.1 Å². The van der Waals surface area contributed by atoms with Crippen LogP contribution in [-0.4, -0.2) is 10.9 Å². The molecule has 1 amide bonds. The fraction of sp³-hybridized carbons (Fsp3) is 0.238. The number of nitrogens with one attached hydrogen (secondary N) is 2. The van der Waals surface area contributed by atoms with Crippen LogP contribution in [0, 0.1) is 0 Å². The van der Waals surface area contributed by atoms with Crippen molar-refractivity contribution >= 4 is 22.5 Å². The van der Waals surface area contributed by atoms with E-state index in [-0.39, 0.29) is 11.0 Å². The maximum absolute atomic E-state index is 12.3. The number of carbonyl (C=O) groups excluding carboxylic acids is 1. The van der Waals surface area contributed by atoms with Crippen LogP contribution < -0.4 is 10.7 Å². The number of aromatic amines is 1. The summed E-state index contributed by atoms with van der Waals surface area (Å²) in [5.41, 5.74) is 1.21. The molecule has 3 aromatic rings. The van der Waals surface area contributed by atoms with Gasteiger partial charge in [-0.15, -0.1) is 0 Å². The summed E-state index contributed by atoms with van der Waals surface area (Å²) in [6.07, 6.45) is 2.70.